The molecule has 0 aliphatic heterocycles. The maximum absolute atomic E-state index is 12.5. The minimum atomic E-state index is -0.889. The number of aliphatic carboxylic acids is 1. The van der Waals surface area contributed by atoms with Crippen LogP contribution in [0.2, 0.25) is 0 Å². The quantitative estimate of drug-likeness (QED) is 0.923. The number of hydrogen-bond acceptors (Lipinski definition) is 2. The second-order valence-electron chi connectivity index (χ2n) is 6.45. The molecule has 0 spiro atoms. The molecule has 0 bridgehead atoms. The number of carbonyl (C=O) groups is 1. The van der Waals surface area contributed by atoms with Gasteiger partial charge in [-0.3, -0.25) is 13.9 Å². The normalized spacial score (nSPS) is 11.9. The Hall–Kier alpha value is -2.30. The zero-order valence-corrected chi connectivity index (χ0v) is 13.4. The Morgan fingerprint density at radius 3 is 2.41 bits per heavy atom. The molecular formula is C17H22N2O3. The highest BCUT2D eigenvalue weighted by Gasteiger charge is 2.28. The second kappa shape index (κ2) is 5.83. The van der Waals surface area contributed by atoms with Crippen molar-refractivity contribution >= 4 is 5.97 Å². The van der Waals surface area contributed by atoms with E-state index in [0.717, 1.165) is 11.3 Å². The summed E-state index contributed by atoms with van der Waals surface area (Å²) in [5, 5.41) is 9.32. The fourth-order valence-corrected chi connectivity index (χ4v) is 2.41. The van der Waals surface area contributed by atoms with E-state index in [9.17, 15) is 14.7 Å². The van der Waals surface area contributed by atoms with Crippen LogP contribution < -0.4 is 5.69 Å². The van der Waals surface area contributed by atoms with Gasteiger partial charge in [-0.2, -0.15) is 0 Å². The number of para-hydroxylation sites is 1. The molecule has 5 heteroatoms. The zero-order valence-electron chi connectivity index (χ0n) is 13.4. The first kappa shape index (κ1) is 16.1. The fourth-order valence-electron chi connectivity index (χ4n) is 2.41. The van der Waals surface area contributed by atoms with E-state index in [1.165, 1.54) is 0 Å². The van der Waals surface area contributed by atoms with Gasteiger partial charge in [-0.05, 0) is 45.7 Å². The largest absolute Gasteiger partial charge is 0.481 e. The van der Waals surface area contributed by atoms with Crippen molar-refractivity contribution in [3.05, 3.63) is 52.7 Å². The molecule has 0 saturated carbocycles. The summed E-state index contributed by atoms with van der Waals surface area (Å²) >= 11 is 0. The van der Waals surface area contributed by atoms with Crippen LogP contribution in [0.5, 0.6) is 0 Å². The van der Waals surface area contributed by atoms with Crippen molar-refractivity contribution in [2.45, 2.75) is 40.2 Å². The first-order valence-corrected chi connectivity index (χ1v) is 7.35. The van der Waals surface area contributed by atoms with E-state index >= 15 is 0 Å². The fraction of sp³-hybridized carbons (Fsp3) is 0.412. The lowest BCUT2D eigenvalue weighted by Gasteiger charge is -2.21. The first-order valence-electron chi connectivity index (χ1n) is 7.35. The topological polar surface area (TPSA) is 64.2 Å². The molecule has 0 saturated heterocycles. The van der Waals surface area contributed by atoms with E-state index in [1.807, 2.05) is 38.1 Å². The number of aromatic nitrogens is 2. The van der Waals surface area contributed by atoms with Gasteiger partial charge in [0.05, 0.1) is 11.1 Å². The van der Waals surface area contributed by atoms with Crippen LogP contribution in [-0.2, 0) is 11.2 Å². The summed E-state index contributed by atoms with van der Waals surface area (Å²) in [5.74, 6) is -0.852. The Labute approximate surface area is 129 Å². The molecule has 0 atom stereocenters. The molecule has 0 aliphatic rings. The first-order chi connectivity index (χ1) is 10.2. The maximum Gasteiger partial charge on any atom is 0.332 e. The third-order valence-electron chi connectivity index (χ3n) is 3.82. The molecule has 2 rings (SSSR count). The second-order valence-corrected chi connectivity index (χ2v) is 6.45. The van der Waals surface area contributed by atoms with Gasteiger partial charge in [0.25, 0.3) is 0 Å². The molecular weight excluding hydrogens is 280 g/mol. The molecule has 0 fully saturated rings. The standard InChI is InChI=1S/C17H22N2O3/c1-12(2)18-9-10-19(16(18)22)14-8-6-5-7-13(14)11-17(3,4)15(20)21/h5-10,12H,11H2,1-4H3,(H,20,21). The summed E-state index contributed by atoms with van der Waals surface area (Å²) in [6.07, 6.45) is 3.85. The van der Waals surface area contributed by atoms with Gasteiger partial charge in [0, 0.05) is 18.4 Å². The van der Waals surface area contributed by atoms with E-state index in [2.05, 4.69) is 0 Å². The summed E-state index contributed by atoms with van der Waals surface area (Å²) in [6.45, 7) is 7.28. The Bertz CT molecular complexity index is 738. The summed E-state index contributed by atoms with van der Waals surface area (Å²) in [6, 6.07) is 7.52. The lowest BCUT2D eigenvalue weighted by molar-refractivity contribution is -0.146. The Kier molecular flexibility index (Phi) is 4.26. The van der Waals surface area contributed by atoms with Gasteiger partial charge in [0.15, 0.2) is 0 Å². The smallest absolute Gasteiger partial charge is 0.332 e. The van der Waals surface area contributed by atoms with E-state index in [1.54, 1.807) is 35.4 Å². The van der Waals surface area contributed by atoms with Crippen molar-refractivity contribution < 1.29 is 9.90 Å². The summed E-state index contributed by atoms with van der Waals surface area (Å²) in [4.78, 5) is 23.8. The molecule has 2 aromatic rings. The molecule has 118 valence electrons. The van der Waals surface area contributed by atoms with Gasteiger partial charge in [0.1, 0.15) is 0 Å². The highest BCUT2D eigenvalue weighted by molar-refractivity contribution is 5.74. The van der Waals surface area contributed by atoms with Crippen LogP contribution in [0.25, 0.3) is 5.69 Å². The van der Waals surface area contributed by atoms with Gasteiger partial charge >= 0.3 is 11.7 Å². The molecule has 0 aliphatic carbocycles. The van der Waals surface area contributed by atoms with Crippen LogP contribution >= 0.6 is 0 Å². The predicted molar refractivity (Wildman–Crippen MR) is 85.5 cm³/mol. The van der Waals surface area contributed by atoms with Crippen molar-refractivity contribution in [2.75, 3.05) is 0 Å². The number of rotatable bonds is 5. The number of hydrogen-bond donors (Lipinski definition) is 1. The summed E-state index contributed by atoms with van der Waals surface area (Å²) < 4.78 is 3.23. The average molecular weight is 302 g/mol. The number of imidazole rings is 1. The van der Waals surface area contributed by atoms with Crippen LogP contribution in [0.3, 0.4) is 0 Å². The molecule has 0 unspecified atom stereocenters. The molecule has 0 radical (unpaired) electrons. The molecule has 0 amide bonds. The molecule has 1 heterocycles. The molecule has 5 nitrogen and oxygen atoms in total. The average Bonchev–Trinajstić information content (AvgIpc) is 2.80. The maximum atomic E-state index is 12.5. The number of carboxylic acids is 1. The van der Waals surface area contributed by atoms with Gasteiger partial charge in [-0.15, -0.1) is 0 Å². The lowest BCUT2D eigenvalue weighted by atomic mass is 9.85. The van der Waals surface area contributed by atoms with E-state index in [4.69, 9.17) is 0 Å². The van der Waals surface area contributed by atoms with Crippen molar-refractivity contribution in [1.29, 1.82) is 0 Å². The number of nitrogens with zero attached hydrogens (tertiary/aromatic N) is 2. The monoisotopic (exact) mass is 302 g/mol. The van der Waals surface area contributed by atoms with Gasteiger partial charge in [-0.1, -0.05) is 18.2 Å². The number of carboxylic acid groups (broad SMARTS) is 1. The van der Waals surface area contributed by atoms with Crippen LogP contribution in [0.1, 0.15) is 39.3 Å². The summed E-state index contributed by atoms with van der Waals surface area (Å²) in [5.41, 5.74) is 0.579. The summed E-state index contributed by atoms with van der Waals surface area (Å²) in [7, 11) is 0. The Balaban J connectivity index is 2.50. The van der Waals surface area contributed by atoms with Gasteiger partial charge < -0.3 is 5.11 Å². The zero-order chi connectivity index (χ0) is 16.5. The minimum Gasteiger partial charge on any atom is -0.481 e. The molecule has 22 heavy (non-hydrogen) atoms. The Morgan fingerprint density at radius 1 is 1.23 bits per heavy atom. The third-order valence-corrected chi connectivity index (χ3v) is 3.82. The minimum absolute atomic E-state index is 0.0800. The van der Waals surface area contributed by atoms with Crippen molar-refractivity contribution in [2.24, 2.45) is 5.41 Å². The third kappa shape index (κ3) is 2.98. The van der Waals surface area contributed by atoms with Gasteiger partial charge in [-0.25, -0.2) is 4.79 Å². The Morgan fingerprint density at radius 2 is 1.86 bits per heavy atom. The molecule has 1 aromatic carbocycles. The van der Waals surface area contributed by atoms with Crippen molar-refractivity contribution in [3.63, 3.8) is 0 Å². The SMILES string of the molecule is CC(C)n1ccn(-c2ccccc2CC(C)(C)C(=O)O)c1=O. The predicted octanol–water partition coefficient (Wildman–Crippen LogP) is 2.87. The van der Waals surface area contributed by atoms with Crippen molar-refractivity contribution in [3.8, 4) is 5.69 Å². The van der Waals surface area contributed by atoms with Crippen molar-refractivity contribution in [1.82, 2.24) is 9.13 Å². The molecule has 1 N–H and O–H groups in total. The highest BCUT2D eigenvalue weighted by atomic mass is 16.4. The van der Waals surface area contributed by atoms with Crippen LogP contribution in [0.15, 0.2) is 41.5 Å². The van der Waals surface area contributed by atoms with Crippen LogP contribution in [0, 0.1) is 5.41 Å². The van der Waals surface area contributed by atoms with Crippen LogP contribution in [0.4, 0.5) is 0 Å². The van der Waals surface area contributed by atoms with E-state index in [-0.39, 0.29) is 11.7 Å². The van der Waals surface area contributed by atoms with E-state index < -0.39 is 11.4 Å². The molecule has 1 aromatic heterocycles. The van der Waals surface area contributed by atoms with Gasteiger partial charge in [0.2, 0.25) is 0 Å². The highest BCUT2D eigenvalue weighted by Crippen LogP contribution is 2.25. The van der Waals surface area contributed by atoms with Crippen LogP contribution in [-0.4, -0.2) is 20.2 Å². The van der Waals surface area contributed by atoms with E-state index in [0.29, 0.717) is 6.42 Å². The number of benzene rings is 1. The lowest BCUT2D eigenvalue weighted by Crippen LogP contribution is -2.28.